The van der Waals surface area contributed by atoms with Crippen LogP contribution in [0.2, 0.25) is 0 Å². The van der Waals surface area contributed by atoms with Crippen molar-refractivity contribution < 1.29 is 38.3 Å². The van der Waals surface area contributed by atoms with Gasteiger partial charge in [0.05, 0.1) is 0 Å². The number of hydrogen-bond acceptors (Lipinski definition) is 8. The summed E-state index contributed by atoms with van der Waals surface area (Å²) < 4.78 is 5.61. The van der Waals surface area contributed by atoms with Crippen molar-refractivity contribution in [1.82, 2.24) is 15.5 Å². The van der Waals surface area contributed by atoms with Gasteiger partial charge in [-0.2, -0.15) is 0 Å². The Kier molecular flexibility index (Phi) is 13.4. The van der Waals surface area contributed by atoms with Gasteiger partial charge >= 0.3 is 5.97 Å². The lowest BCUT2D eigenvalue weighted by molar-refractivity contribution is -0.152. The number of esters is 1. The van der Waals surface area contributed by atoms with Crippen molar-refractivity contribution in [3.05, 3.63) is 47.5 Å². The molecule has 2 aromatic carbocycles. The van der Waals surface area contributed by atoms with E-state index in [-0.39, 0.29) is 68.8 Å². The standard InChI is InChI=1S/C36H45N5O8/c1-3-17-37-30(42)7-5-9-32(44)39-23-11-13-25-26-14-12-24(40-33(45)10-6-8-31(43)38-18-4-2)20-28(26)29(27(25)19-23)22-49-36(48)21-41-34(46)15-16-35(41)47/h11-14,19-20,29H,3-10,15-18,21-22H2,1-2H3,(H,37,42)(H,38,43)(H,39,44)(H,40,45). The van der Waals surface area contributed by atoms with Gasteiger partial charge in [0.15, 0.2) is 0 Å². The van der Waals surface area contributed by atoms with Gasteiger partial charge < -0.3 is 26.0 Å². The van der Waals surface area contributed by atoms with Crippen molar-refractivity contribution in [3.63, 3.8) is 0 Å². The number of carbonyl (C=O) groups excluding carboxylic acids is 7. The zero-order valence-electron chi connectivity index (χ0n) is 28.2. The third-order valence-electron chi connectivity index (χ3n) is 8.32. The van der Waals surface area contributed by atoms with Gasteiger partial charge in [-0.1, -0.05) is 26.0 Å². The Morgan fingerprint density at radius 3 is 1.59 bits per heavy atom. The summed E-state index contributed by atoms with van der Waals surface area (Å²) >= 11 is 0. The first-order chi connectivity index (χ1) is 23.6. The molecular formula is C36H45N5O8. The molecule has 0 aromatic heterocycles. The quantitative estimate of drug-likeness (QED) is 0.136. The zero-order valence-corrected chi connectivity index (χ0v) is 28.2. The maximum atomic E-state index is 12.8. The normalized spacial score (nSPS) is 13.5. The van der Waals surface area contributed by atoms with Gasteiger partial charge in [0.2, 0.25) is 35.4 Å². The molecule has 4 N–H and O–H groups in total. The summed E-state index contributed by atoms with van der Waals surface area (Å²) in [4.78, 5) is 86.9. The van der Waals surface area contributed by atoms with Crippen LogP contribution in [0.3, 0.4) is 0 Å². The maximum Gasteiger partial charge on any atom is 0.326 e. The van der Waals surface area contributed by atoms with Crippen LogP contribution in [0.5, 0.6) is 0 Å². The highest BCUT2D eigenvalue weighted by Crippen LogP contribution is 2.47. The molecule has 0 bridgehead atoms. The minimum atomic E-state index is -0.724. The molecule has 0 unspecified atom stereocenters. The Bertz CT molecular complexity index is 1480. The summed E-state index contributed by atoms with van der Waals surface area (Å²) in [5, 5.41) is 11.4. The largest absolute Gasteiger partial charge is 0.463 e. The lowest BCUT2D eigenvalue weighted by Gasteiger charge is -2.18. The molecule has 0 atom stereocenters. The summed E-state index contributed by atoms with van der Waals surface area (Å²) in [5.74, 6) is -2.69. The number of amides is 6. The number of imide groups is 1. The van der Waals surface area contributed by atoms with E-state index in [1.165, 1.54) is 0 Å². The van der Waals surface area contributed by atoms with E-state index in [4.69, 9.17) is 4.74 Å². The van der Waals surface area contributed by atoms with E-state index < -0.39 is 30.2 Å². The van der Waals surface area contributed by atoms with Gasteiger partial charge in [0.25, 0.3) is 0 Å². The Morgan fingerprint density at radius 1 is 0.694 bits per heavy atom. The van der Waals surface area contributed by atoms with Crippen LogP contribution in [-0.2, 0) is 38.3 Å². The first-order valence-electron chi connectivity index (χ1n) is 17.0. The highest BCUT2D eigenvalue weighted by atomic mass is 16.5. The third-order valence-corrected chi connectivity index (χ3v) is 8.32. The fourth-order valence-electron chi connectivity index (χ4n) is 5.82. The topological polar surface area (TPSA) is 180 Å². The highest BCUT2D eigenvalue weighted by molar-refractivity contribution is 6.04. The van der Waals surface area contributed by atoms with E-state index in [1.807, 2.05) is 38.1 Å². The second-order valence-electron chi connectivity index (χ2n) is 12.2. The summed E-state index contributed by atoms with van der Waals surface area (Å²) in [6.45, 7) is 4.55. The van der Waals surface area contributed by atoms with Gasteiger partial charge in [-0.05, 0) is 72.2 Å². The Hall–Kier alpha value is -5.07. The molecule has 13 nitrogen and oxygen atoms in total. The van der Waals surface area contributed by atoms with E-state index in [2.05, 4.69) is 21.3 Å². The van der Waals surface area contributed by atoms with Crippen molar-refractivity contribution in [2.75, 3.05) is 36.9 Å². The predicted molar refractivity (Wildman–Crippen MR) is 182 cm³/mol. The lowest BCUT2D eigenvalue weighted by atomic mass is 9.97. The van der Waals surface area contributed by atoms with Gasteiger partial charge in [0.1, 0.15) is 13.2 Å². The fraction of sp³-hybridized carbons (Fsp3) is 0.472. The number of benzene rings is 2. The van der Waals surface area contributed by atoms with Crippen LogP contribution in [0, 0.1) is 0 Å². The van der Waals surface area contributed by atoms with Crippen LogP contribution in [0.25, 0.3) is 11.1 Å². The molecule has 49 heavy (non-hydrogen) atoms. The molecule has 262 valence electrons. The third kappa shape index (κ3) is 10.5. The number of carbonyl (C=O) groups is 7. The van der Waals surface area contributed by atoms with Crippen molar-refractivity contribution >= 4 is 52.8 Å². The molecule has 1 aliphatic heterocycles. The Labute approximate surface area is 285 Å². The SMILES string of the molecule is CCCNC(=O)CCCC(=O)Nc1ccc2c(c1)C(COC(=O)CN1C(=O)CCC1=O)c1cc(NC(=O)CCCC(=O)NCCC)ccc1-2. The maximum absolute atomic E-state index is 12.8. The summed E-state index contributed by atoms with van der Waals surface area (Å²) in [5.41, 5.74) is 4.37. The minimum Gasteiger partial charge on any atom is -0.463 e. The van der Waals surface area contributed by atoms with Crippen molar-refractivity contribution in [1.29, 1.82) is 0 Å². The predicted octanol–water partition coefficient (Wildman–Crippen LogP) is 3.76. The molecule has 1 aliphatic carbocycles. The smallest absolute Gasteiger partial charge is 0.326 e. The number of fused-ring (bicyclic) bond motifs is 3. The summed E-state index contributed by atoms with van der Waals surface area (Å²) in [6.07, 6.45) is 3.44. The van der Waals surface area contributed by atoms with Crippen LogP contribution < -0.4 is 21.3 Å². The molecule has 1 saturated heterocycles. The summed E-state index contributed by atoms with van der Waals surface area (Å²) in [7, 11) is 0. The van der Waals surface area contributed by atoms with E-state index in [0.29, 0.717) is 37.3 Å². The zero-order chi connectivity index (χ0) is 35.3. The molecule has 4 rings (SSSR count). The van der Waals surface area contributed by atoms with Crippen LogP contribution >= 0.6 is 0 Å². The van der Waals surface area contributed by atoms with Gasteiger partial charge in [-0.3, -0.25) is 38.5 Å². The Balaban J connectivity index is 1.46. The molecule has 13 heteroatoms. The highest BCUT2D eigenvalue weighted by Gasteiger charge is 2.33. The average Bonchev–Trinajstić information content (AvgIpc) is 3.55. The fourth-order valence-corrected chi connectivity index (χ4v) is 5.82. The first kappa shape index (κ1) is 36.8. The van der Waals surface area contributed by atoms with Crippen LogP contribution in [-0.4, -0.2) is 72.6 Å². The van der Waals surface area contributed by atoms with Gasteiger partial charge in [-0.25, -0.2) is 0 Å². The molecule has 0 saturated carbocycles. The number of hydrogen-bond donors (Lipinski definition) is 4. The van der Waals surface area contributed by atoms with E-state index in [0.717, 1.165) is 40.0 Å². The van der Waals surface area contributed by atoms with Crippen LogP contribution in [0.15, 0.2) is 36.4 Å². The minimum absolute atomic E-state index is 0.0661. The van der Waals surface area contributed by atoms with E-state index in [1.54, 1.807) is 12.1 Å². The lowest BCUT2D eigenvalue weighted by Crippen LogP contribution is -2.35. The second-order valence-corrected chi connectivity index (χ2v) is 12.2. The molecule has 0 radical (unpaired) electrons. The molecule has 2 aromatic rings. The van der Waals surface area contributed by atoms with Crippen LogP contribution in [0.4, 0.5) is 11.4 Å². The molecule has 2 aliphatic rings. The number of ether oxygens (including phenoxy) is 1. The average molecular weight is 676 g/mol. The monoisotopic (exact) mass is 675 g/mol. The second kappa shape index (κ2) is 17.9. The van der Waals surface area contributed by atoms with Crippen molar-refractivity contribution in [2.45, 2.75) is 84.0 Å². The number of rotatable bonds is 18. The molecule has 6 amide bonds. The number of nitrogens with zero attached hydrogens (tertiary/aromatic N) is 1. The van der Waals surface area contributed by atoms with Gasteiger partial charge in [-0.15, -0.1) is 0 Å². The van der Waals surface area contributed by atoms with E-state index >= 15 is 0 Å². The Morgan fingerprint density at radius 2 is 1.14 bits per heavy atom. The summed E-state index contributed by atoms with van der Waals surface area (Å²) in [6, 6.07) is 10.9. The number of nitrogens with one attached hydrogen (secondary N) is 4. The molecule has 0 spiro atoms. The number of likely N-dealkylation sites (tertiary alicyclic amines) is 1. The molecule has 1 heterocycles. The van der Waals surface area contributed by atoms with Crippen LogP contribution in [0.1, 0.15) is 95.1 Å². The number of anilines is 2. The first-order valence-corrected chi connectivity index (χ1v) is 17.0. The van der Waals surface area contributed by atoms with Crippen molar-refractivity contribution in [3.8, 4) is 11.1 Å². The van der Waals surface area contributed by atoms with E-state index in [9.17, 15) is 33.6 Å². The van der Waals surface area contributed by atoms with Gasteiger partial charge in [0, 0.05) is 68.9 Å². The molecular weight excluding hydrogens is 630 g/mol. The molecule has 1 fully saturated rings. The van der Waals surface area contributed by atoms with Crippen molar-refractivity contribution in [2.24, 2.45) is 0 Å².